The predicted molar refractivity (Wildman–Crippen MR) is 79.6 cm³/mol. The van der Waals surface area contributed by atoms with Gasteiger partial charge in [-0.1, -0.05) is 48.0 Å². The Labute approximate surface area is 119 Å². The fourth-order valence-electron chi connectivity index (χ4n) is 1.62. The van der Waals surface area contributed by atoms with Gasteiger partial charge < -0.3 is 0 Å². The topological polar surface area (TPSA) is 17.1 Å². The monoisotopic (exact) mass is 356 g/mol. The fourth-order valence-corrected chi connectivity index (χ4v) is 2.18. The third kappa shape index (κ3) is 3.54. The molecular formula is C14H10ClIO. The van der Waals surface area contributed by atoms with Gasteiger partial charge in [0, 0.05) is 11.4 Å². The minimum atomic E-state index is 0.154. The Kier molecular flexibility index (Phi) is 4.18. The number of carbonyl (C=O) groups excluding carboxylic acids is 1. The van der Waals surface area contributed by atoms with Crippen molar-refractivity contribution in [2.45, 2.75) is 6.42 Å². The molecular weight excluding hydrogens is 347 g/mol. The molecule has 0 aliphatic carbocycles. The number of rotatable bonds is 3. The van der Waals surface area contributed by atoms with Gasteiger partial charge in [0.05, 0.1) is 0 Å². The highest BCUT2D eigenvalue weighted by atomic mass is 127. The molecule has 0 radical (unpaired) electrons. The molecule has 2 rings (SSSR count). The summed E-state index contributed by atoms with van der Waals surface area (Å²) in [5.41, 5.74) is 3.30. The summed E-state index contributed by atoms with van der Waals surface area (Å²) in [6.45, 7) is 0. The summed E-state index contributed by atoms with van der Waals surface area (Å²) in [5, 5.41) is 0.737. The van der Waals surface area contributed by atoms with E-state index in [0.29, 0.717) is 6.42 Å². The molecule has 17 heavy (non-hydrogen) atoms. The first-order valence-corrected chi connectivity index (χ1v) is 6.64. The Hall–Kier alpha value is -0.870. The van der Waals surface area contributed by atoms with Crippen molar-refractivity contribution in [3.05, 3.63) is 59.1 Å². The Morgan fingerprint density at radius 3 is 1.88 bits per heavy atom. The minimum Gasteiger partial charge on any atom is -0.287 e. The van der Waals surface area contributed by atoms with Crippen LogP contribution in [0.25, 0.3) is 11.1 Å². The van der Waals surface area contributed by atoms with Crippen molar-refractivity contribution in [2.24, 2.45) is 0 Å². The average Bonchev–Trinajstić information content (AvgIpc) is 2.30. The lowest BCUT2D eigenvalue weighted by atomic mass is 10.0. The van der Waals surface area contributed by atoms with E-state index in [2.05, 4.69) is 0 Å². The highest BCUT2D eigenvalue weighted by Gasteiger charge is 2.01. The van der Waals surface area contributed by atoms with E-state index in [9.17, 15) is 4.79 Å². The van der Waals surface area contributed by atoms with Gasteiger partial charge >= 0.3 is 0 Å². The van der Waals surface area contributed by atoms with E-state index < -0.39 is 0 Å². The maximum absolute atomic E-state index is 11.0. The van der Waals surface area contributed by atoms with E-state index >= 15 is 0 Å². The summed E-state index contributed by atoms with van der Waals surface area (Å²) in [7, 11) is 0. The van der Waals surface area contributed by atoms with E-state index in [1.165, 1.54) is 0 Å². The molecule has 0 fully saturated rings. The van der Waals surface area contributed by atoms with Crippen molar-refractivity contribution in [1.82, 2.24) is 0 Å². The smallest absolute Gasteiger partial charge is 0.196 e. The third-order valence-corrected chi connectivity index (χ3v) is 3.11. The van der Waals surface area contributed by atoms with Crippen LogP contribution in [-0.2, 0) is 11.2 Å². The summed E-state index contributed by atoms with van der Waals surface area (Å²) >= 11 is 7.66. The van der Waals surface area contributed by atoms with Gasteiger partial charge in [-0.3, -0.25) is 4.79 Å². The summed E-state index contributed by atoms with van der Waals surface area (Å²) in [5.74, 6) is 0. The summed E-state index contributed by atoms with van der Waals surface area (Å²) in [4.78, 5) is 11.0. The van der Waals surface area contributed by atoms with Crippen LogP contribution in [0.5, 0.6) is 0 Å². The van der Waals surface area contributed by atoms with Crippen LogP contribution in [0.4, 0.5) is 0 Å². The van der Waals surface area contributed by atoms with Gasteiger partial charge in [0.2, 0.25) is 0 Å². The van der Waals surface area contributed by atoms with Gasteiger partial charge in [-0.2, -0.15) is 0 Å². The number of hydrogen-bond donors (Lipinski definition) is 0. The van der Waals surface area contributed by atoms with Crippen LogP contribution in [0.15, 0.2) is 48.5 Å². The molecule has 0 spiro atoms. The molecule has 0 unspecified atom stereocenters. The van der Waals surface area contributed by atoms with Crippen molar-refractivity contribution < 1.29 is 4.79 Å². The summed E-state index contributed by atoms with van der Waals surface area (Å²) in [6.07, 6.45) is 0.488. The lowest BCUT2D eigenvalue weighted by Gasteiger charge is -2.03. The predicted octanol–water partition coefficient (Wildman–Crippen LogP) is 4.51. The standard InChI is InChI=1S/C14H10ClIO/c15-13-7-5-12(6-8-13)11-3-1-10(2-4-11)9-14(16)17/h1-8H,9H2. The van der Waals surface area contributed by atoms with Crippen molar-refractivity contribution >= 4 is 38.0 Å². The molecule has 2 aromatic carbocycles. The highest BCUT2D eigenvalue weighted by Crippen LogP contribution is 2.22. The molecule has 0 aliphatic heterocycles. The van der Waals surface area contributed by atoms with Gasteiger partial charge in [-0.15, -0.1) is 0 Å². The lowest BCUT2D eigenvalue weighted by Crippen LogP contribution is -1.92. The molecule has 0 atom stereocenters. The molecule has 1 nitrogen and oxygen atoms in total. The van der Waals surface area contributed by atoms with E-state index in [0.717, 1.165) is 21.7 Å². The second kappa shape index (κ2) is 5.65. The Morgan fingerprint density at radius 1 is 0.941 bits per heavy atom. The van der Waals surface area contributed by atoms with E-state index in [1.807, 2.05) is 71.1 Å². The first-order chi connectivity index (χ1) is 8.15. The van der Waals surface area contributed by atoms with Crippen molar-refractivity contribution in [1.29, 1.82) is 0 Å². The fraction of sp³-hybridized carbons (Fsp3) is 0.0714. The van der Waals surface area contributed by atoms with Crippen molar-refractivity contribution in [3.8, 4) is 11.1 Å². The zero-order valence-electron chi connectivity index (χ0n) is 8.99. The Bertz CT molecular complexity index is 517. The van der Waals surface area contributed by atoms with Gasteiger partial charge in [0.25, 0.3) is 0 Å². The molecule has 0 aliphatic rings. The normalized spacial score (nSPS) is 10.2. The van der Waals surface area contributed by atoms with Crippen LogP contribution in [0, 0.1) is 0 Å². The molecule has 0 saturated carbocycles. The van der Waals surface area contributed by atoms with Gasteiger partial charge in [0.1, 0.15) is 0 Å². The number of carbonyl (C=O) groups is 1. The van der Waals surface area contributed by atoms with Crippen LogP contribution in [0.2, 0.25) is 5.02 Å². The molecule has 0 aromatic heterocycles. The maximum atomic E-state index is 11.0. The second-order valence-electron chi connectivity index (χ2n) is 3.74. The molecule has 0 saturated heterocycles. The van der Waals surface area contributed by atoms with Crippen LogP contribution in [0.1, 0.15) is 5.56 Å². The largest absolute Gasteiger partial charge is 0.287 e. The van der Waals surface area contributed by atoms with Gasteiger partial charge in [0.15, 0.2) is 3.79 Å². The van der Waals surface area contributed by atoms with E-state index in [1.54, 1.807) is 0 Å². The van der Waals surface area contributed by atoms with Crippen LogP contribution < -0.4 is 0 Å². The molecule has 0 amide bonds. The van der Waals surface area contributed by atoms with E-state index in [4.69, 9.17) is 11.6 Å². The third-order valence-electron chi connectivity index (χ3n) is 2.47. The zero-order chi connectivity index (χ0) is 12.3. The molecule has 0 heterocycles. The van der Waals surface area contributed by atoms with Crippen molar-refractivity contribution in [3.63, 3.8) is 0 Å². The molecule has 2 aromatic rings. The number of benzene rings is 2. The minimum absolute atomic E-state index is 0.154. The number of halogens is 2. The van der Waals surface area contributed by atoms with Crippen LogP contribution in [-0.4, -0.2) is 3.79 Å². The second-order valence-corrected chi connectivity index (χ2v) is 5.38. The molecule has 0 bridgehead atoms. The zero-order valence-corrected chi connectivity index (χ0v) is 11.9. The molecule has 0 N–H and O–H groups in total. The molecule has 3 heteroatoms. The summed E-state index contributed by atoms with van der Waals surface area (Å²) in [6, 6.07) is 15.7. The van der Waals surface area contributed by atoms with Gasteiger partial charge in [-0.25, -0.2) is 0 Å². The molecule has 86 valence electrons. The van der Waals surface area contributed by atoms with Gasteiger partial charge in [-0.05, 0) is 51.4 Å². The SMILES string of the molecule is O=C(I)Cc1ccc(-c2ccc(Cl)cc2)cc1. The Morgan fingerprint density at radius 2 is 1.41 bits per heavy atom. The highest BCUT2D eigenvalue weighted by molar-refractivity contribution is 14.1. The van der Waals surface area contributed by atoms with E-state index in [-0.39, 0.29) is 3.79 Å². The van der Waals surface area contributed by atoms with Crippen molar-refractivity contribution in [2.75, 3.05) is 0 Å². The maximum Gasteiger partial charge on any atom is 0.196 e. The Balaban J connectivity index is 2.23. The first kappa shape index (κ1) is 12.6. The van der Waals surface area contributed by atoms with Crippen LogP contribution in [0.3, 0.4) is 0 Å². The first-order valence-electron chi connectivity index (χ1n) is 5.18. The quantitative estimate of drug-likeness (QED) is 0.584. The average molecular weight is 357 g/mol. The number of hydrogen-bond acceptors (Lipinski definition) is 1. The lowest BCUT2D eigenvalue weighted by molar-refractivity contribution is -0.108. The summed E-state index contributed by atoms with van der Waals surface area (Å²) < 4.78 is 0.154. The van der Waals surface area contributed by atoms with Crippen LogP contribution >= 0.6 is 34.2 Å².